The van der Waals surface area contributed by atoms with Gasteiger partial charge in [-0.3, -0.25) is 4.79 Å². The second-order valence-corrected chi connectivity index (χ2v) is 6.22. The van der Waals surface area contributed by atoms with Crippen molar-refractivity contribution in [1.29, 1.82) is 0 Å². The molecule has 3 rings (SSSR count). The number of rotatable bonds is 3. The molecule has 0 N–H and O–H groups in total. The fraction of sp³-hybridized carbons (Fsp3) is 0.647. The maximum absolute atomic E-state index is 12.9. The molecule has 120 valence electrons. The van der Waals surface area contributed by atoms with Crippen molar-refractivity contribution in [2.24, 2.45) is 5.92 Å². The summed E-state index contributed by atoms with van der Waals surface area (Å²) in [6, 6.07) is 3.21. The molecule has 2 aliphatic rings. The summed E-state index contributed by atoms with van der Waals surface area (Å²) in [5, 5.41) is 0. The van der Waals surface area contributed by atoms with Gasteiger partial charge in [0.25, 0.3) is 5.91 Å². The lowest BCUT2D eigenvalue weighted by Gasteiger charge is -2.32. The quantitative estimate of drug-likeness (QED) is 0.806. The summed E-state index contributed by atoms with van der Waals surface area (Å²) in [4.78, 5) is 26.7. The first kappa shape index (κ1) is 15.1. The fourth-order valence-electron chi connectivity index (χ4n) is 3.91. The van der Waals surface area contributed by atoms with Crippen molar-refractivity contribution in [1.82, 2.24) is 4.90 Å². The minimum atomic E-state index is -0.472. The fourth-order valence-corrected chi connectivity index (χ4v) is 3.91. The van der Waals surface area contributed by atoms with E-state index >= 15 is 0 Å². The Morgan fingerprint density at radius 3 is 2.77 bits per heavy atom. The monoisotopic (exact) mass is 305 g/mol. The first-order chi connectivity index (χ1) is 10.7. The van der Waals surface area contributed by atoms with Crippen molar-refractivity contribution >= 4 is 11.9 Å². The molecule has 1 aromatic heterocycles. The summed E-state index contributed by atoms with van der Waals surface area (Å²) in [7, 11) is 1.38. The number of aryl methyl sites for hydroxylation is 1. The molecule has 0 spiro atoms. The second kappa shape index (κ2) is 6.15. The first-order valence-corrected chi connectivity index (χ1v) is 8.15. The molecule has 1 amide bonds. The zero-order valence-corrected chi connectivity index (χ0v) is 13.2. The second-order valence-electron chi connectivity index (χ2n) is 6.22. The largest absolute Gasteiger partial charge is 0.467 e. The number of hydrogen-bond acceptors (Lipinski definition) is 4. The van der Waals surface area contributed by atoms with Crippen LogP contribution in [-0.2, 0) is 16.0 Å². The number of carbonyl (C=O) groups excluding carboxylic acids is 2. The van der Waals surface area contributed by atoms with E-state index in [9.17, 15) is 9.59 Å². The Hall–Kier alpha value is -1.78. The molecule has 5 nitrogen and oxygen atoms in total. The third kappa shape index (κ3) is 2.53. The topological polar surface area (TPSA) is 59.8 Å². The number of hydrogen-bond donors (Lipinski definition) is 0. The van der Waals surface area contributed by atoms with Crippen molar-refractivity contribution in [2.45, 2.75) is 57.5 Å². The molecular formula is C17H23NO4. The van der Waals surface area contributed by atoms with E-state index in [2.05, 4.69) is 0 Å². The number of carbonyl (C=O) groups is 2. The summed E-state index contributed by atoms with van der Waals surface area (Å²) in [5.74, 6) is 1.03. The van der Waals surface area contributed by atoms with E-state index in [1.807, 2.05) is 13.0 Å². The molecule has 0 radical (unpaired) electrons. The van der Waals surface area contributed by atoms with Gasteiger partial charge in [-0.2, -0.15) is 0 Å². The van der Waals surface area contributed by atoms with E-state index in [0.717, 1.165) is 31.4 Å². The minimum Gasteiger partial charge on any atom is -0.467 e. The van der Waals surface area contributed by atoms with Crippen molar-refractivity contribution in [3.8, 4) is 0 Å². The van der Waals surface area contributed by atoms with Gasteiger partial charge in [0.15, 0.2) is 5.76 Å². The first-order valence-electron chi connectivity index (χ1n) is 8.15. The molecular weight excluding hydrogens is 282 g/mol. The predicted molar refractivity (Wildman–Crippen MR) is 80.4 cm³/mol. The highest BCUT2D eigenvalue weighted by Gasteiger charge is 2.48. The van der Waals surface area contributed by atoms with Gasteiger partial charge in [-0.05, 0) is 37.3 Å². The van der Waals surface area contributed by atoms with E-state index in [1.54, 1.807) is 11.0 Å². The van der Waals surface area contributed by atoms with Gasteiger partial charge in [-0.25, -0.2) is 4.79 Å². The maximum atomic E-state index is 12.9. The average Bonchev–Trinajstić information content (AvgIpc) is 3.17. The van der Waals surface area contributed by atoms with E-state index < -0.39 is 6.04 Å². The van der Waals surface area contributed by atoms with Crippen molar-refractivity contribution in [2.75, 3.05) is 7.11 Å². The van der Waals surface area contributed by atoms with Crippen LogP contribution < -0.4 is 0 Å². The van der Waals surface area contributed by atoms with Crippen molar-refractivity contribution in [3.63, 3.8) is 0 Å². The number of furan rings is 1. The number of ether oxygens (including phenoxy) is 1. The third-order valence-corrected chi connectivity index (χ3v) is 5.02. The summed E-state index contributed by atoms with van der Waals surface area (Å²) >= 11 is 0. The van der Waals surface area contributed by atoms with Gasteiger partial charge < -0.3 is 14.1 Å². The highest BCUT2D eigenvalue weighted by molar-refractivity contribution is 5.95. The Bertz CT molecular complexity index is 565. The summed E-state index contributed by atoms with van der Waals surface area (Å²) < 4.78 is 10.5. The third-order valence-electron chi connectivity index (χ3n) is 5.02. The Balaban J connectivity index is 1.89. The molecule has 1 saturated carbocycles. The number of fused-ring (bicyclic) bond motifs is 1. The van der Waals surface area contributed by atoms with Crippen LogP contribution in [0.1, 0.15) is 55.3 Å². The summed E-state index contributed by atoms with van der Waals surface area (Å²) in [6.45, 7) is 1.98. The zero-order valence-electron chi connectivity index (χ0n) is 13.2. The standard InChI is InChI=1S/C17H23NO4/c1-3-12-8-9-15(22-12)16(19)18-13-7-5-4-6-11(13)10-14(18)17(20)21-2/h8-9,11,13-14H,3-7,10H2,1-2H3/t11-,13+,14+/m1/s1. The number of nitrogens with zero attached hydrogens (tertiary/aromatic N) is 1. The van der Waals surface area contributed by atoms with Gasteiger partial charge in [-0.1, -0.05) is 19.8 Å². The Kier molecular flexibility index (Phi) is 4.23. The molecule has 1 aliphatic carbocycles. The highest BCUT2D eigenvalue weighted by atomic mass is 16.5. The predicted octanol–water partition coefficient (Wildman–Crippen LogP) is 2.79. The van der Waals surface area contributed by atoms with Crippen LogP contribution in [0.2, 0.25) is 0 Å². The Morgan fingerprint density at radius 2 is 2.09 bits per heavy atom. The molecule has 0 aromatic carbocycles. The zero-order chi connectivity index (χ0) is 15.7. The van der Waals surface area contributed by atoms with Crippen LogP contribution in [0.3, 0.4) is 0 Å². The van der Waals surface area contributed by atoms with E-state index in [4.69, 9.17) is 9.15 Å². The smallest absolute Gasteiger partial charge is 0.328 e. The van der Waals surface area contributed by atoms with Gasteiger partial charge >= 0.3 is 5.97 Å². The average molecular weight is 305 g/mol. The number of esters is 1. The van der Waals surface area contributed by atoms with Crippen LogP contribution in [0.5, 0.6) is 0 Å². The number of amides is 1. The molecule has 1 aliphatic heterocycles. The maximum Gasteiger partial charge on any atom is 0.328 e. The van der Waals surface area contributed by atoms with Gasteiger partial charge in [0.2, 0.25) is 0 Å². The number of methoxy groups -OCH3 is 1. The van der Waals surface area contributed by atoms with Crippen molar-refractivity contribution in [3.05, 3.63) is 23.7 Å². The normalized spacial score (nSPS) is 27.5. The lowest BCUT2D eigenvalue weighted by Crippen LogP contribution is -2.46. The molecule has 2 heterocycles. The Labute approximate surface area is 130 Å². The lowest BCUT2D eigenvalue weighted by atomic mass is 9.84. The lowest BCUT2D eigenvalue weighted by molar-refractivity contribution is -0.145. The molecule has 5 heteroatoms. The summed E-state index contributed by atoms with van der Waals surface area (Å²) in [5.41, 5.74) is 0. The minimum absolute atomic E-state index is 0.139. The Morgan fingerprint density at radius 1 is 1.32 bits per heavy atom. The number of likely N-dealkylation sites (tertiary alicyclic amines) is 1. The van der Waals surface area contributed by atoms with Crippen LogP contribution in [0.4, 0.5) is 0 Å². The van der Waals surface area contributed by atoms with Gasteiger partial charge in [0.1, 0.15) is 11.8 Å². The van der Waals surface area contributed by atoms with Crippen LogP contribution in [-0.4, -0.2) is 36.0 Å². The molecule has 22 heavy (non-hydrogen) atoms. The van der Waals surface area contributed by atoms with E-state index in [-0.39, 0.29) is 17.9 Å². The molecule has 2 fully saturated rings. The van der Waals surface area contributed by atoms with Crippen LogP contribution in [0, 0.1) is 5.92 Å². The SMILES string of the molecule is CCc1ccc(C(=O)N2[C@H](C(=O)OC)C[C@H]3CCCC[C@@H]32)o1. The molecule has 0 unspecified atom stereocenters. The van der Waals surface area contributed by atoms with Crippen LogP contribution in [0.15, 0.2) is 16.5 Å². The molecule has 0 bridgehead atoms. The molecule has 1 saturated heterocycles. The summed E-state index contributed by atoms with van der Waals surface area (Å²) in [6.07, 6.45) is 5.80. The van der Waals surface area contributed by atoms with E-state index in [1.165, 1.54) is 13.5 Å². The van der Waals surface area contributed by atoms with Crippen LogP contribution in [0.25, 0.3) is 0 Å². The molecule has 3 atom stereocenters. The van der Waals surface area contributed by atoms with Crippen molar-refractivity contribution < 1.29 is 18.7 Å². The van der Waals surface area contributed by atoms with Gasteiger partial charge in [0, 0.05) is 12.5 Å². The van der Waals surface area contributed by atoms with Gasteiger partial charge in [-0.15, -0.1) is 0 Å². The highest BCUT2D eigenvalue weighted by Crippen LogP contribution is 2.40. The van der Waals surface area contributed by atoms with Gasteiger partial charge in [0.05, 0.1) is 7.11 Å². The molecule has 1 aromatic rings. The van der Waals surface area contributed by atoms with Crippen LogP contribution >= 0.6 is 0 Å². The van der Waals surface area contributed by atoms with E-state index in [0.29, 0.717) is 18.1 Å².